The maximum atomic E-state index is 13.2. The summed E-state index contributed by atoms with van der Waals surface area (Å²) in [6.45, 7) is 5.79. The van der Waals surface area contributed by atoms with Gasteiger partial charge in [0.25, 0.3) is 0 Å². The van der Waals surface area contributed by atoms with Crippen LogP contribution in [0.1, 0.15) is 65.2 Å². The van der Waals surface area contributed by atoms with E-state index < -0.39 is 0 Å². The molecule has 0 N–H and O–H groups in total. The summed E-state index contributed by atoms with van der Waals surface area (Å²) in [5, 5.41) is 0. The van der Waals surface area contributed by atoms with Crippen LogP contribution in [-0.4, -0.2) is 24.8 Å². The van der Waals surface area contributed by atoms with Gasteiger partial charge in [0.05, 0.1) is 13.2 Å². The van der Waals surface area contributed by atoms with Crippen LogP contribution >= 0.6 is 0 Å². The maximum absolute atomic E-state index is 13.2. The highest BCUT2D eigenvalue weighted by atomic mass is 16.7. The van der Waals surface area contributed by atoms with Crippen LogP contribution in [0, 0.1) is 23.2 Å². The number of Topliss-reactive ketones (excluding diaryl/α,β-unsaturated/α-hetero) is 1. The summed E-state index contributed by atoms with van der Waals surface area (Å²) in [5.74, 6) is 1.55. The Hall–Kier alpha value is -1.19. The number of hydrogen-bond acceptors (Lipinski definition) is 3. The van der Waals surface area contributed by atoms with Crippen LogP contribution in [0.2, 0.25) is 0 Å². The lowest BCUT2D eigenvalue weighted by molar-refractivity contribution is -0.164. The number of allylic oxidation sites excluding steroid dienone is 5. The van der Waals surface area contributed by atoms with E-state index in [-0.39, 0.29) is 17.1 Å². The molecule has 0 aromatic rings. The standard InChI is InChI=1S/C24H32O3/c1-3-4-5-16-14-21-20-7-6-17-15-24(26-12-13-27-24)11-9-18(17)19(20)8-10-23(21,2)22(16)25/h3-4,8,16,20-21H,5-7,9-15H2,1-2H3/t16?,20-,21+,23+/m1/s1. The number of fused-ring (bicyclic) bond motifs is 4. The lowest BCUT2D eigenvalue weighted by Gasteiger charge is -2.46. The lowest BCUT2D eigenvalue weighted by atomic mass is 9.58. The van der Waals surface area contributed by atoms with E-state index in [1.54, 1.807) is 16.7 Å². The van der Waals surface area contributed by atoms with Crippen LogP contribution in [0.25, 0.3) is 0 Å². The van der Waals surface area contributed by atoms with Gasteiger partial charge in [0, 0.05) is 24.2 Å². The largest absolute Gasteiger partial charge is 0.347 e. The van der Waals surface area contributed by atoms with Gasteiger partial charge >= 0.3 is 0 Å². The van der Waals surface area contributed by atoms with Gasteiger partial charge in [-0.15, -0.1) is 0 Å². The molecule has 1 aliphatic heterocycles. The average Bonchev–Trinajstić information content (AvgIpc) is 3.22. The molecule has 0 amide bonds. The van der Waals surface area contributed by atoms with Gasteiger partial charge in [-0.2, -0.15) is 0 Å². The minimum Gasteiger partial charge on any atom is -0.347 e. The lowest BCUT2D eigenvalue weighted by Crippen LogP contribution is -2.41. The Morgan fingerprint density at radius 2 is 2.07 bits per heavy atom. The number of carbonyl (C=O) groups is 1. The number of hydrogen-bond donors (Lipinski definition) is 0. The Balaban J connectivity index is 1.43. The van der Waals surface area contributed by atoms with Gasteiger partial charge in [0.1, 0.15) is 5.78 Å². The Bertz CT molecular complexity index is 737. The van der Waals surface area contributed by atoms with Gasteiger partial charge < -0.3 is 9.47 Å². The van der Waals surface area contributed by atoms with Crippen molar-refractivity contribution >= 4 is 5.78 Å². The Morgan fingerprint density at radius 1 is 1.26 bits per heavy atom. The molecular formula is C24H32O3. The molecule has 0 aromatic carbocycles. The third-order valence-corrected chi connectivity index (χ3v) is 8.16. The van der Waals surface area contributed by atoms with Crippen molar-refractivity contribution in [1.82, 2.24) is 0 Å². The summed E-state index contributed by atoms with van der Waals surface area (Å²) in [6, 6.07) is 0. The van der Waals surface area contributed by atoms with Crippen molar-refractivity contribution in [3.63, 3.8) is 0 Å². The van der Waals surface area contributed by atoms with E-state index in [4.69, 9.17) is 9.47 Å². The number of rotatable bonds is 2. The summed E-state index contributed by atoms with van der Waals surface area (Å²) in [5.41, 5.74) is 4.63. The van der Waals surface area contributed by atoms with Crippen LogP contribution in [0.3, 0.4) is 0 Å². The minimum absolute atomic E-state index is 0.133. The molecule has 0 aromatic heterocycles. The smallest absolute Gasteiger partial charge is 0.172 e. The predicted octanol–water partition coefficient (Wildman–Crippen LogP) is 5.13. The normalized spacial score (nSPS) is 40.3. The van der Waals surface area contributed by atoms with Gasteiger partial charge in [-0.05, 0) is 68.4 Å². The third-order valence-electron chi connectivity index (χ3n) is 8.16. The Kier molecular flexibility index (Phi) is 4.25. The quantitative estimate of drug-likeness (QED) is 0.634. The van der Waals surface area contributed by atoms with E-state index in [1.807, 2.05) is 0 Å². The zero-order valence-electron chi connectivity index (χ0n) is 16.8. The van der Waals surface area contributed by atoms with Crippen molar-refractivity contribution in [3.05, 3.63) is 34.9 Å². The number of ether oxygens (including phenoxy) is 2. The zero-order valence-corrected chi connectivity index (χ0v) is 16.8. The first-order chi connectivity index (χ1) is 13.1. The molecule has 1 spiro atoms. The first-order valence-electron chi connectivity index (χ1n) is 10.9. The highest BCUT2D eigenvalue weighted by Gasteiger charge is 2.56. The van der Waals surface area contributed by atoms with Crippen molar-refractivity contribution in [2.75, 3.05) is 13.2 Å². The van der Waals surface area contributed by atoms with Crippen LogP contribution in [0.5, 0.6) is 0 Å². The molecule has 27 heavy (non-hydrogen) atoms. The van der Waals surface area contributed by atoms with E-state index >= 15 is 0 Å². The fraction of sp³-hybridized carbons (Fsp3) is 0.708. The second-order valence-electron chi connectivity index (χ2n) is 9.50. The van der Waals surface area contributed by atoms with E-state index in [1.165, 1.54) is 6.42 Å². The fourth-order valence-corrected chi connectivity index (χ4v) is 6.75. The molecule has 3 heteroatoms. The highest BCUT2D eigenvalue weighted by Crippen LogP contribution is 2.60. The zero-order chi connectivity index (χ0) is 18.6. The second-order valence-corrected chi connectivity index (χ2v) is 9.50. The van der Waals surface area contributed by atoms with Crippen molar-refractivity contribution in [3.8, 4) is 0 Å². The summed E-state index contributed by atoms with van der Waals surface area (Å²) in [4.78, 5) is 13.2. The van der Waals surface area contributed by atoms with Crippen LogP contribution in [0.4, 0.5) is 0 Å². The van der Waals surface area contributed by atoms with Crippen LogP contribution in [-0.2, 0) is 14.3 Å². The van der Waals surface area contributed by atoms with Crippen molar-refractivity contribution in [2.24, 2.45) is 23.2 Å². The van der Waals surface area contributed by atoms with Gasteiger partial charge in [-0.25, -0.2) is 0 Å². The van der Waals surface area contributed by atoms with Crippen LogP contribution < -0.4 is 0 Å². The molecule has 4 atom stereocenters. The molecule has 0 bridgehead atoms. The van der Waals surface area contributed by atoms with Crippen LogP contribution in [0.15, 0.2) is 34.9 Å². The van der Waals surface area contributed by atoms with Crippen molar-refractivity contribution in [1.29, 1.82) is 0 Å². The van der Waals surface area contributed by atoms with E-state index in [9.17, 15) is 4.79 Å². The van der Waals surface area contributed by atoms with E-state index in [2.05, 4.69) is 32.1 Å². The third kappa shape index (κ3) is 2.65. The first kappa shape index (κ1) is 17.9. The minimum atomic E-state index is -0.323. The maximum Gasteiger partial charge on any atom is 0.172 e. The summed E-state index contributed by atoms with van der Waals surface area (Å²) >= 11 is 0. The molecule has 5 aliphatic rings. The second kappa shape index (κ2) is 6.42. The highest BCUT2D eigenvalue weighted by molar-refractivity contribution is 5.90. The summed E-state index contributed by atoms with van der Waals surface area (Å²) in [6.07, 6.45) is 15.0. The van der Waals surface area contributed by atoms with Crippen molar-refractivity contribution < 1.29 is 14.3 Å². The molecule has 1 saturated heterocycles. The number of ketones is 1. The molecule has 3 nitrogen and oxygen atoms in total. The summed E-state index contributed by atoms with van der Waals surface area (Å²) in [7, 11) is 0. The molecule has 1 saturated carbocycles. The van der Waals surface area contributed by atoms with E-state index in [0.717, 1.165) is 58.2 Å². The molecular weight excluding hydrogens is 336 g/mol. The Labute approximate surface area is 162 Å². The summed E-state index contributed by atoms with van der Waals surface area (Å²) < 4.78 is 12.0. The van der Waals surface area contributed by atoms with Gasteiger partial charge in [0.2, 0.25) is 0 Å². The van der Waals surface area contributed by atoms with Gasteiger partial charge in [-0.1, -0.05) is 30.7 Å². The van der Waals surface area contributed by atoms with Crippen molar-refractivity contribution in [2.45, 2.75) is 71.0 Å². The Morgan fingerprint density at radius 3 is 2.85 bits per heavy atom. The number of carbonyl (C=O) groups excluding carboxylic acids is 1. The fourth-order valence-electron chi connectivity index (χ4n) is 6.75. The molecule has 5 rings (SSSR count). The van der Waals surface area contributed by atoms with Gasteiger partial charge in [-0.3, -0.25) is 4.79 Å². The molecule has 1 unspecified atom stereocenters. The first-order valence-corrected chi connectivity index (χ1v) is 10.9. The molecule has 2 fully saturated rings. The average molecular weight is 369 g/mol. The predicted molar refractivity (Wildman–Crippen MR) is 105 cm³/mol. The van der Waals surface area contributed by atoms with E-state index in [0.29, 0.717) is 17.6 Å². The van der Waals surface area contributed by atoms with Gasteiger partial charge in [0.15, 0.2) is 5.79 Å². The SMILES string of the molecule is CC=CCC1C[C@H]2[C@@H]3CCC4=C(CCC5(C4)OCCO5)C3=CC[C@]2(C)C1=O. The molecule has 4 aliphatic carbocycles. The monoisotopic (exact) mass is 368 g/mol. The molecule has 0 radical (unpaired) electrons. The molecule has 146 valence electrons. The topological polar surface area (TPSA) is 35.5 Å². The molecule has 1 heterocycles.